The van der Waals surface area contributed by atoms with E-state index in [-0.39, 0.29) is 0 Å². The highest BCUT2D eigenvalue weighted by molar-refractivity contribution is 5.14. The van der Waals surface area contributed by atoms with Crippen molar-refractivity contribution in [3.05, 3.63) is 25.3 Å². The van der Waals surface area contributed by atoms with Gasteiger partial charge >= 0.3 is 0 Å². The third kappa shape index (κ3) is 5.92. The first-order valence-corrected chi connectivity index (χ1v) is 19.7. The van der Waals surface area contributed by atoms with Crippen molar-refractivity contribution in [1.82, 2.24) is 0 Å². The van der Waals surface area contributed by atoms with Crippen molar-refractivity contribution in [2.24, 2.45) is 87.3 Å². The van der Waals surface area contributed by atoms with Gasteiger partial charge in [-0.15, -0.1) is 13.2 Å². The third-order valence-corrected chi connectivity index (χ3v) is 16.1. The van der Waals surface area contributed by atoms with Crippen molar-refractivity contribution in [3.63, 3.8) is 0 Å². The molecule has 6 aliphatic carbocycles. The van der Waals surface area contributed by atoms with Crippen LogP contribution in [-0.4, -0.2) is 0 Å². The zero-order valence-corrected chi connectivity index (χ0v) is 29.7. The maximum Gasteiger partial charge on any atom is -0.0179 e. The predicted octanol–water partition coefficient (Wildman–Crippen LogP) is 12.9. The van der Waals surface area contributed by atoms with E-state index in [1.54, 1.807) is 38.5 Å². The monoisotopic (exact) mass is 589 g/mol. The van der Waals surface area contributed by atoms with Crippen molar-refractivity contribution >= 4 is 0 Å². The maximum atomic E-state index is 4.29. The lowest BCUT2D eigenvalue weighted by molar-refractivity contribution is -0.126. The topological polar surface area (TPSA) is 0 Å². The smallest absolute Gasteiger partial charge is 0.0179 e. The molecule has 6 saturated carbocycles. The van der Waals surface area contributed by atoms with Crippen LogP contribution < -0.4 is 0 Å². The summed E-state index contributed by atoms with van der Waals surface area (Å²) in [7, 11) is 0. The fraction of sp³-hybridized carbons (Fsp3) is 0.907. The average Bonchev–Trinajstić information content (AvgIpc) is 3.65. The Morgan fingerprint density at radius 1 is 0.419 bits per heavy atom. The van der Waals surface area contributed by atoms with Crippen molar-refractivity contribution in [1.29, 1.82) is 0 Å². The Morgan fingerprint density at radius 2 is 0.767 bits per heavy atom. The van der Waals surface area contributed by atoms with Crippen LogP contribution in [0.15, 0.2) is 25.3 Å². The molecule has 6 rings (SSSR count). The number of fused-ring (bicyclic) bond motifs is 3. The van der Waals surface area contributed by atoms with Crippen LogP contribution >= 0.6 is 0 Å². The summed E-state index contributed by atoms with van der Waals surface area (Å²) in [6.45, 7) is 24.0. The molecule has 0 N–H and O–H groups in total. The van der Waals surface area contributed by atoms with Gasteiger partial charge in [0, 0.05) is 0 Å². The zero-order chi connectivity index (χ0) is 30.6. The van der Waals surface area contributed by atoms with E-state index in [1.807, 2.05) is 0 Å². The van der Waals surface area contributed by atoms with Gasteiger partial charge in [-0.3, -0.25) is 0 Å². The SMILES string of the molecule is C=CC1CCC(C(C2CCCC2)(C2CCC(C=C)CC2)C2C3CCC(C(C)(C)C)CC3C3CC(C(C)(C)C)CCC32)CC1. The quantitative estimate of drug-likeness (QED) is 0.271. The number of allylic oxidation sites excluding steroid dienone is 2. The second kappa shape index (κ2) is 12.6. The van der Waals surface area contributed by atoms with Gasteiger partial charge in [0.25, 0.3) is 0 Å². The Labute approximate surface area is 269 Å². The molecule has 0 radical (unpaired) electrons. The number of hydrogen-bond donors (Lipinski definition) is 0. The van der Waals surface area contributed by atoms with Gasteiger partial charge in [-0.1, -0.05) is 66.5 Å². The Bertz CT molecular complexity index is 868. The standard InChI is InChI=1S/C43H72/c1-9-29-15-19-32(20-16-29)43(31-13-11-12-14-31,33-21-17-30(10-2)18-22-33)40-36-25-23-34(41(3,4)5)27-38(36)39-28-35(42(6,7)8)24-26-37(39)40/h9-10,29-40H,1-2,11-28H2,3-8H3. The molecule has 0 heteroatoms. The second-order valence-corrected chi connectivity index (χ2v) is 19.6. The van der Waals surface area contributed by atoms with Crippen molar-refractivity contribution < 1.29 is 0 Å². The lowest BCUT2D eigenvalue weighted by Crippen LogP contribution is -2.55. The Balaban J connectivity index is 1.45. The minimum Gasteiger partial charge on any atom is -0.103 e. The van der Waals surface area contributed by atoms with Crippen LogP contribution in [0, 0.1) is 87.3 Å². The molecule has 6 atom stereocenters. The van der Waals surface area contributed by atoms with Gasteiger partial charge in [0.1, 0.15) is 0 Å². The highest BCUT2D eigenvalue weighted by Gasteiger charge is 2.66. The van der Waals surface area contributed by atoms with E-state index < -0.39 is 0 Å². The fourth-order valence-electron chi connectivity index (χ4n) is 13.9. The Morgan fingerprint density at radius 3 is 1.12 bits per heavy atom. The lowest BCUT2D eigenvalue weighted by atomic mass is 9.44. The van der Waals surface area contributed by atoms with Gasteiger partial charge in [-0.2, -0.15) is 0 Å². The van der Waals surface area contributed by atoms with E-state index >= 15 is 0 Å². The summed E-state index contributed by atoms with van der Waals surface area (Å²) in [5, 5.41) is 0. The van der Waals surface area contributed by atoms with Crippen LogP contribution in [0.4, 0.5) is 0 Å². The van der Waals surface area contributed by atoms with Crippen molar-refractivity contribution in [3.8, 4) is 0 Å². The molecule has 0 spiro atoms. The molecule has 244 valence electrons. The summed E-state index contributed by atoms with van der Waals surface area (Å²) in [6, 6.07) is 0. The highest BCUT2D eigenvalue weighted by atomic mass is 14.7. The van der Waals surface area contributed by atoms with Gasteiger partial charge in [0.15, 0.2) is 0 Å². The van der Waals surface area contributed by atoms with Crippen LogP contribution in [0.1, 0.15) is 157 Å². The molecule has 0 saturated heterocycles. The Hall–Kier alpha value is -0.520. The minimum atomic E-state index is 0.464. The zero-order valence-electron chi connectivity index (χ0n) is 29.7. The number of hydrogen-bond acceptors (Lipinski definition) is 0. The first-order valence-electron chi connectivity index (χ1n) is 19.7. The van der Waals surface area contributed by atoms with E-state index in [0.29, 0.717) is 16.2 Å². The molecule has 0 amide bonds. The molecular weight excluding hydrogens is 516 g/mol. The molecule has 0 nitrogen and oxygen atoms in total. The van der Waals surface area contributed by atoms with Crippen molar-refractivity contribution in [2.75, 3.05) is 0 Å². The Kier molecular flexibility index (Phi) is 9.49. The lowest BCUT2D eigenvalue weighted by Gasteiger charge is -2.61. The van der Waals surface area contributed by atoms with Crippen LogP contribution in [0.2, 0.25) is 0 Å². The fourth-order valence-corrected chi connectivity index (χ4v) is 13.9. The molecule has 6 unspecified atom stereocenters. The average molecular weight is 589 g/mol. The highest BCUT2D eigenvalue weighted by Crippen LogP contribution is 2.72. The molecule has 6 aliphatic rings. The largest absolute Gasteiger partial charge is 0.103 e. The summed E-state index contributed by atoms with van der Waals surface area (Å²) in [5.74, 6) is 11.4. The molecule has 0 heterocycles. The van der Waals surface area contributed by atoms with Gasteiger partial charge in [-0.05, 0) is 190 Å². The van der Waals surface area contributed by atoms with E-state index in [1.165, 1.54) is 77.0 Å². The summed E-state index contributed by atoms with van der Waals surface area (Å²) in [6.07, 6.45) is 31.8. The van der Waals surface area contributed by atoms with E-state index in [9.17, 15) is 0 Å². The molecule has 0 aromatic heterocycles. The van der Waals surface area contributed by atoms with Gasteiger partial charge < -0.3 is 0 Å². The van der Waals surface area contributed by atoms with Crippen molar-refractivity contribution in [2.45, 2.75) is 157 Å². The summed E-state index contributed by atoms with van der Waals surface area (Å²) < 4.78 is 0. The molecule has 0 aliphatic heterocycles. The summed E-state index contributed by atoms with van der Waals surface area (Å²) in [5.41, 5.74) is 1.54. The molecule has 0 aromatic rings. The van der Waals surface area contributed by atoms with Gasteiger partial charge in [-0.25, -0.2) is 0 Å². The van der Waals surface area contributed by atoms with Crippen LogP contribution in [-0.2, 0) is 0 Å². The van der Waals surface area contributed by atoms with E-state index in [4.69, 9.17) is 0 Å². The minimum absolute atomic E-state index is 0.464. The van der Waals surface area contributed by atoms with Crippen LogP contribution in [0.25, 0.3) is 0 Å². The third-order valence-electron chi connectivity index (χ3n) is 16.1. The molecular formula is C43H72. The predicted molar refractivity (Wildman–Crippen MR) is 187 cm³/mol. The summed E-state index contributed by atoms with van der Waals surface area (Å²) >= 11 is 0. The van der Waals surface area contributed by atoms with Gasteiger partial charge in [0.2, 0.25) is 0 Å². The molecule has 0 bridgehead atoms. The molecule has 6 fully saturated rings. The van der Waals surface area contributed by atoms with Crippen LogP contribution in [0.5, 0.6) is 0 Å². The van der Waals surface area contributed by atoms with E-state index in [2.05, 4.69) is 66.9 Å². The van der Waals surface area contributed by atoms with Gasteiger partial charge in [0.05, 0.1) is 0 Å². The molecule has 43 heavy (non-hydrogen) atoms. The second-order valence-electron chi connectivity index (χ2n) is 19.6. The van der Waals surface area contributed by atoms with E-state index in [0.717, 1.165) is 71.0 Å². The number of rotatable bonds is 6. The first kappa shape index (κ1) is 32.4. The normalized spacial score (nSPS) is 44.3. The molecule has 0 aromatic carbocycles. The summed E-state index contributed by atoms with van der Waals surface area (Å²) in [4.78, 5) is 0. The first-order chi connectivity index (χ1) is 20.5. The maximum absolute atomic E-state index is 4.29. The van der Waals surface area contributed by atoms with Crippen LogP contribution in [0.3, 0.4) is 0 Å².